The molecular formula is C8H9Br2Cl2O7P. The first-order valence-electron chi connectivity index (χ1n) is 4.58. The SMILES string of the molecule is COP(=O)(OC)OC(Br)C(Cl)(Cl)Br.O=C1C=CC(=O)O1. The average Bonchev–Trinajstić information content (AvgIpc) is 2.72. The summed E-state index contributed by atoms with van der Waals surface area (Å²) < 4.78 is 27.7. The highest BCUT2D eigenvalue weighted by molar-refractivity contribution is 9.13. The number of alkyl halides is 4. The summed E-state index contributed by atoms with van der Waals surface area (Å²) in [5, 5.41) is -0.936. The highest BCUT2D eigenvalue weighted by atomic mass is 79.9. The minimum atomic E-state index is -3.58. The van der Waals surface area contributed by atoms with Gasteiger partial charge in [0.15, 0.2) is 5.01 Å². The van der Waals surface area contributed by atoms with Gasteiger partial charge in [-0.1, -0.05) is 39.1 Å². The van der Waals surface area contributed by atoms with E-state index in [4.69, 9.17) is 27.7 Å². The lowest BCUT2D eigenvalue weighted by atomic mass is 10.6. The predicted octanol–water partition coefficient (Wildman–Crippen LogP) is 3.28. The average molecular weight is 479 g/mol. The molecule has 0 aromatic rings. The van der Waals surface area contributed by atoms with E-state index in [9.17, 15) is 14.2 Å². The van der Waals surface area contributed by atoms with Gasteiger partial charge in [-0.3, -0.25) is 13.6 Å². The van der Waals surface area contributed by atoms with Gasteiger partial charge in [0.05, 0.1) is 0 Å². The van der Waals surface area contributed by atoms with E-state index in [0.29, 0.717) is 0 Å². The Kier molecular flexibility index (Phi) is 9.08. The van der Waals surface area contributed by atoms with Crippen LogP contribution in [0.3, 0.4) is 0 Å². The van der Waals surface area contributed by atoms with Crippen LogP contribution in [-0.4, -0.2) is 34.4 Å². The largest absolute Gasteiger partial charge is 0.475 e. The van der Waals surface area contributed by atoms with E-state index in [-0.39, 0.29) is 0 Å². The Balaban J connectivity index is 0.000000428. The van der Waals surface area contributed by atoms with Crippen molar-refractivity contribution in [3.05, 3.63) is 12.2 Å². The molecule has 1 rings (SSSR count). The van der Waals surface area contributed by atoms with Gasteiger partial charge >= 0.3 is 19.8 Å². The van der Waals surface area contributed by atoms with E-state index in [1.54, 1.807) is 0 Å². The van der Waals surface area contributed by atoms with E-state index in [1.165, 1.54) is 14.2 Å². The Bertz CT molecular complexity index is 413. The molecule has 0 saturated heterocycles. The fourth-order valence-electron chi connectivity index (χ4n) is 0.637. The van der Waals surface area contributed by atoms with Gasteiger partial charge in [-0.2, -0.15) is 0 Å². The zero-order valence-electron chi connectivity index (χ0n) is 10.0. The van der Waals surface area contributed by atoms with Crippen molar-refractivity contribution in [3.8, 4) is 0 Å². The number of halogens is 4. The Morgan fingerprint density at radius 1 is 1.25 bits per heavy atom. The van der Waals surface area contributed by atoms with Gasteiger partial charge in [0, 0.05) is 26.4 Å². The lowest BCUT2D eigenvalue weighted by molar-refractivity contribution is -0.150. The van der Waals surface area contributed by atoms with Crippen molar-refractivity contribution in [3.63, 3.8) is 0 Å². The highest BCUT2D eigenvalue weighted by Gasteiger charge is 2.38. The summed E-state index contributed by atoms with van der Waals surface area (Å²) in [6.07, 6.45) is 2.17. The first-order valence-corrected chi connectivity index (χ1v) is 8.51. The number of esters is 2. The molecule has 12 heteroatoms. The quantitative estimate of drug-likeness (QED) is 0.259. The standard InChI is InChI=1S/C4H7Br2Cl2O4P.C4H2O3/c1-10-13(9,11-2)12-3(5)4(6,7)8;5-3-1-2-4(6)7-3/h3H,1-2H3;1-2H. The number of ether oxygens (including phenoxy) is 1. The molecule has 0 fully saturated rings. The van der Waals surface area contributed by atoms with Crippen LogP contribution < -0.4 is 0 Å². The molecular weight excluding hydrogens is 470 g/mol. The number of cyclic esters (lactones) is 2. The highest BCUT2D eigenvalue weighted by Crippen LogP contribution is 2.53. The van der Waals surface area contributed by atoms with Crippen LogP contribution in [0.15, 0.2) is 12.2 Å². The number of carbonyl (C=O) groups excluding carboxylic acids is 2. The minimum Gasteiger partial charge on any atom is -0.387 e. The topological polar surface area (TPSA) is 88.1 Å². The molecule has 116 valence electrons. The van der Waals surface area contributed by atoms with Gasteiger partial charge < -0.3 is 4.74 Å². The number of hydrogen-bond donors (Lipinski definition) is 0. The van der Waals surface area contributed by atoms with Gasteiger partial charge in [0.25, 0.3) is 0 Å². The van der Waals surface area contributed by atoms with Crippen LogP contribution in [0.5, 0.6) is 0 Å². The number of phosphoric ester groups is 1. The maximum atomic E-state index is 11.4. The summed E-state index contributed by atoms with van der Waals surface area (Å²) in [4.78, 5) is 19.8. The maximum absolute atomic E-state index is 11.4. The first kappa shape index (κ1) is 20.5. The van der Waals surface area contributed by atoms with Crippen molar-refractivity contribution >= 4 is 74.8 Å². The van der Waals surface area contributed by atoms with E-state index in [0.717, 1.165) is 12.2 Å². The minimum absolute atomic E-state index is 0.579. The van der Waals surface area contributed by atoms with Crippen molar-refractivity contribution in [2.45, 2.75) is 8.26 Å². The molecule has 0 saturated carbocycles. The monoisotopic (exact) mass is 476 g/mol. The van der Waals surface area contributed by atoms with Crippen molar-refractivity contribution in [2.75, 3.05) is 14.2 Å². The smallest absolute Gasteiger partial charge is 0.387 e. The van der Waals surface area contributed by atoms with Gasteiger partial charge in [-0.15, -0.1) is 0 Å². The Morgan fingerprint density at radius 3 is 1.85 bits per heavy atom. The summed E-state index contributed by atoms with van der Waals surface area (Å²) >= 11 is 17.0. The van der Waals surface area contributed by atoms with Crippen LogP contribution >= 0.6 is 62.9 Å². The van der Waals surface area contributed by atoms with Crippen LogP contribution in [0.1, 0.15) is 0 Å². The van der Waals surface area contributed by atoms with E-state index >= 15 is 0 Å². The summed E-state index contributed by atoms with van der Waals surface area (Å²) in [5.74, 6) is -1.16. The molecule has 20 heavy (non-hydrogen) atoms. The molecule has 0 aromatic carbocycles. The third-order valence-electron chi connectivity index (χ3n) is 1.48. The fourth-order valence-corrected chi connectivity index (χ4v) is 2.41. The molecule has 0 radical (unpaired) electrons. The molecule has 1 aliphatic rings. The zero-order chi connectivity index (χ0) is 16.0. The Hall–Kier alpha value is 0.530. The molecule has 0 aliphatic carbocycles. The summed E-state index contributed by atoms with van der Waals surface area (Å²) in [5.41, 5.74) is 0. The Labute approximate surface area is 141 Å². The molecule has 0 aromatic heterocycles. The van der Waals surface area contributed by atoms with Crippen LogP contribution in [0.25, 0.3) is 0 Å². The second-order valence-electron chi connectivity index (χ2n) is 2.85. The van der Waals surface area contributed by atoms with Crippen LogP contribution in [-0.2, 0) is 32.5 Å². The molecule has 1 heterocycles. The molecule has 7 nitrogen and oxygen atoms in total. The number of hydrogen-bond acceptors (Lipinski definition) is 7. The summed E-state index contributed by atoms with van der Waals surface area (Å²) in [7, 11) is -1.21. The molecule has 1 unspecified atom stereocenters. The lowest BCUT2D eigenvalue weighted by Crippen LogP contribution is -2.21. The fraction of sp³-hybridized carbons (Fsp3) is 0.500. The van der Waals surface area contributed by atoms with Crippen molar-refractivity contribution in [1.82, 2.24) is 0 Å². The molecule has 0 N–H and O–H groups in total. The van der Waals surface area contributed by atoms with E-state index < -0.39 is 28.0 Å². The van der Waals surface area contributed by atoms with Crippen molar-refractivity contribution in [2.24, 2.45) is 0 Å². The zero-order valence-corrected chi connectivity index (χ0v) is 15.6. The van der Waals surface area contributed by atoms with Gasteiger partial charge in [-0.05, 0) is 15.9 Å². The third-order valence-corrected chi connectivity index (χ3v) is 5.96. The predicted molar refractivity (Wildman–Crippen MR) is 79.0 cm³/mol. The molecule has 0 amide bonds. The normalized spacial score (nSPS) is 16.5. The van der Waals surface area contributed by atoms with Crippen LogP contribution in [0.4, 0.5) is 0 Å². The van der Waals surface area contributed by atoms with Gasteiger partial charge in [-0.25, -0.2) is 14.2 Å². The second kappa shape index (κ2) is 8.85. The summed E-state index contributed by atoms with van der Waals surface area (Å²) in [6, 6.07) is 0. The summed E-state index contributed by atoms with van der Waals surface area (Å²) in [6.45, 7) is 0. The molecule has 1 atom stereocenters. The van der Waals surface area contributed by atoms with E-state index in [2.05, 4.69) is 45.6 Å². The maximum Gasteiger partial charge on any atom is 0.475 e. The van der Waals surface area contributed by atoms with Gasteiger partial charge in [0.2, 0.25) is 3.24 Å². The second-order valence-corrected chi connectivity index (χ2v) is 9.07. The van der Waals surface area contributed by atoms with Crippen molar-refractivity contribution < 1.29 is 32.5 Å². The molecule has 1 aliphatic heterocycles. The number of phosphoric acid groups is 1. The van der Waals surface area contributed by atoms with Crippen LogP contribution in [0.2, 0.25) is 0 Å². The number of rotatable bonds is 5. The van der Waals surface area contributed by atoms with Gasteiger partial charge in [0.1, 0.15) is 0 Å². The lowest BCUT2D eigenvalue weighted by Gasteiger charge is -2.22. The first-order chi connectivity index (χ1) is 9.04. The molecule has 0 spiro atoms. The number of carbonyl (C=O) groups is 2. The molecule has 0 bridgehead atoms. The Morgan fingerprint density at radius 2 is 1.65 bits per heavy atom. The van der Waals surface area contributed by atoms with E-state index in [1.807, 2.05) is 0 Å². The van der Waals surface area contributed by atoms with Crippen LogP contribution in [0, 0.1) is 0 Å². The van der Waals surface area contributed by atoms with Crippen molar-refractivity contribution in [1.29, 1.82) is 0 Å². The third kappa shape index (κ3) is 8.09.